The summed E-state index contributed by atoms with van der Waals surface area (Å²) in [5, 5.41) is 2.75. The summed E-state index contributed by atoms with van der Waals surface area (Å²) < 4.78 is 38.3. The van der Waals surface area contributed by atoms with Gasteiger partial charge in [0.2, 0.25) is 5.91 Å². The van der Waals surface area contributed by atoms with Crippen molar-refractivity contribution in [1.82, 2.24) is 5.32 Å². The Hall–Kier alpha value is -2.30. The Morgan fingerprint density at radius 2 is 1.79 bits per heavy atom. The monoisotopic (exact) mass is 335 g/mol. The second-order valence-corrected chi connectivity index (χ2v) is 6.01. The number of hydrogen-bond acceptors (Lipinski definition) is 1. The third kappa shape index (κ3) is 4.60. The topological polar surface area (TPSA) is 29.1 Å². The van der Waals surface area contributed by atoms with E-state index in [4.69, 9.17) is 0 Å². The van der Waals surface area contributed by atoms with Gasteiger partial charge in [0.25, 0.3) is 0 Å². The number of amides is 1. The molecule has 0 aliphatic rings. The molecular weight excluding hydrogens is 315 g/mol. The normalized spacial score (nSPS) is 12.8. The Morgan fingerprint density at radius 3 is 2.42 bits per heavy atom. The fraction of sp³-hybridized carbons (Fsp3) is 0.316. The van der Waals surface area contributed by atoms with Crippen LogP contribution in [-0.2, 0) is 17.4 Å². The molecule has 128 valence electrons. The van der Waals surface area contributed by atoms with Gasteiger partial charge in [0.05, 0.1) is 18.0 Å². The van der Waals surface area contributed by atoms with Gasteiger partial charge in [-0.1, -0.05) is 30.3 Å². The standard InChI is InChI=1S/C19H20F3NO/c1-12-7-8-15(9-13(12)2)10-18(24)23-14(3)16-5-4-6-17(11-16)19(20,21)22/h4-9,11,14H,10H2,1-3H3,(H,23,24). The minimum absolute atomic E-state index is 0.199. The smallest absolute Gasteiger partial charge is 0.349 e. The zero-order valence-electron chi connectivity index (χ0n) is 13.9. The Morgan fingerprint density at radius 1 is 1.08 bits per heavy atom. The molecule has 0 aliphatic carbocycles. The highest BCUT2D eigenvalue weighted by Gasteiger charge is 2.30. The van der Waals surface area contributed by atoms with Crippen molar-refractivity contribution >= 4 is 5.91 Å². The van der Waals surface area contributed by atoms with E-state index < -0.39 is 17.8 Å². The maximum Gasteiger partial charge on any atom is 0.416 e. The van der Waals surface area contributed by atoms with E-state index in [0.717, 1.165) is 28.8 Å². The molecule has 24 heavy (non-hydrogen) atoms. The summed E-state index contributed by atoms with van der Waals surface area (Å²) in [5.41, 5.74) is 2.85. The molecule has 0 spiro atoms. The van der Waals surface area contributed by atoms with Gasteiger partial charge in [0.15, 0.2) is 0 Å². The summed E-state index contributed by atoms with van der Waals surface area (Å²) in [5.74, 6) is -0.219. The molecule has 0 fully saturated rings. The van der Waals surface area contributed by atoms with Gasteiger partial charge < -0.3 is 5.32 Å². The summed E-state index contributed by atoms with van der Waals surface area (Å²) in [6.45, 7) is 5.64. The van der Waals surface area contributed by atoms with E-state index in [2.05, 4.69) is 5.32 Å². The number of aryl methyl sites for hydroxylation is 2. The SMILES string of the molecule is Cc1ccc(CC(=O)NC(C)c2cccc(C(F)(F)F)c2)cc1C. The first-order valence-corrected chi connectivity index (χ1v) is 7.69. The highest BCUT2D eigenvalue weighted by atomic mass is 19.4. The molecular formula is C19H20F3NO. The van der Waals surface area contributed by atoms with Crippen molar-refractivity contribution < 1.29 is 18.0 Å². The minimum Gasteiger partial charge on any atom is -0.349 e. The Labute approximate surface area is 139 Å². The number of carbonyl (C=O) groups is 1. The zero-order valence-corrected chi connectivity index (χ0v) is 13.9. The predicted octanol–water partition coefficient (Wildman–Crippen LogP) is 4.74. The lowest BCUT2D eigenvalue weighted by atomic mass is 10.0. The molecule has 0 bridgehead atoms. The molecule has 2 nitrogen and oxygen atoms in total. The first kappa shape index (κ1) is 18.0. The second-order valence-electron chi connectivity index (χ2n) is 6.01. The molecule has 0 aliphatic heterocycles. The molecule has 2 rings (SSSR count). The van der Waals surface area contributed by atoms with E-state index in [1.807, 2.05) is 32.0 Å². The molecule has 0 aromatic heterocycles. The Kier molecular flexibility index (Phi) is 5.32. The number of nitrogens with one attached hydrogen (secondary N) is 1. The van der Waals surface area contributed by atoms with Crippen LogP contribution in [0.25, 0.3) is 0 Å². The van der Waals surface area contributed by atoms with E-state index >= 15 is 0 Å². The van der Waals surface area contributed by atoms with Crippen molar-refractivity contribution in [2.75, 3.05) is 0 Å². The average molecular weight is 335 g/mol. The van der Waals surface area contributed by atoms with Gasteiger partial charge in [0.1, 0.15) is 0 Å². The van der Waals surface area contributed by atoms with E-state index in [1.165, 1.54) is 6.07 Å². The van der Waals surface area contributed by atoms with Crippen molar-refractivity contribution in [2.24, 2.45) is 0 Å². The lowest BCUT2D eigenvalue weighted by Gasteiger charge is -2.16. The molecule has 5 heteroatoms. The number of alkyl halides is 3. The van der Waals surface area contributed by atoms with Gasteiger partial charge >= 0.3 is 6.18 Å². The van der Waals surface area contributed by atoms with Crippen LogP contribution >= 0.6 is 0 Å². The Balaban J connectivity index is 2.04. The van der Waals surface area contributed by atoms with Crippen LogP contribution in [0.2, 0.25) is 0 Å². The van der Waals surface area contributed by atoms with Crippen molar-refractivity contribution in [1.29, 1.82) is 0 Å². The number of benzene rings is 2. The largest absolute Gasteiger partial charge is 0.416 e. The van der Waals surface area contributed by atoms with Crippen LogP contribution in [0.1, 0.15) is 40.8 Å². The van der Waals surface area contributed by atoms with Gasteiger partial charge in [0, 0.05) is 0 Å². The minimum atomic E-state index is -4.39. The fourth-order valence-corrected chi connectivity index (χ4v) is 2.46. The molecule has 1 unspecified atom stereocenters. The van der Waals surface area contributed by atoms with Crippen LogP contribution in [0.3, 0.4) is 0 Å². The van der Waals surface area contributed by atoms with E-state index in [9.17, 15) is 18.0 Å². The van der Waals surface area contributed by atoms with E-state index in [1.54, 1.807) is 13.0 Å². The highest BCUT2D eigenvalue weighted by Crippen LogP contribution is 2.30. The van der Waals surface area contributed by atoms with Crippen LogP contribution in [0.4, 0.5) is 13.2 Å². The molecule has 0 heterocycles. The maximum atomic E-state index is 12.8. The van der Waals surface area contributed by atoms with E-state index in [-0.39, 0.29) is 12.3 Å². The summed E-state index contributed by atoms with van der Waals surface area (Å²) in [6.07, 6.45) is -4.19. The molecule has 1 N–H and O–H groups in total. The first-order chi connectivity index (χ1) is 11.2. The van der Waals surface area contributed by atoms with Gasteiger partial charge in [-0.2, -0.15) is 13.2 Å². The summed E-state index contributed by atoms with van der Waals surface area (Å²) >= 11 is 0. The van der Waals surface area contributed by atoms with Crippen molar-refractivity contribution in [3.05, 3.63) is 70.3 Å². The van der Waals surface area contributed by atoms with Crippen molar-refractivity contribution in [2.45, 2.75) is 39.4 Å². The first-order valence-electron chi connectivity index (χ1n) is 7.69. The van der Waals surface area contributed by atoms with Gasteiger partial charge in [-0.3, -0.25) is 4.79 Å². The van der Waals surface area contributed by atoms with Crippen molar-refractivity contribution in [3.8, 4) is 0 Å². The lowest BCUT2D eigenvalue weighted by molar-refractivity contribution is -0.137. The van der Waals surface area contributed by atoms with Crippen LogP contribution < -0.4 is 5.32 Å². The van der Waals surface area contributed by atoms with Gasteiger partial charge in [-0.15, -0.1) is 0 Å². The quantitative estimate of drug-likeness (QED) is 0.859. The molecule has 2 aromatic carbocycles. The van der Waals surface area contributed by atoms with Crippen LogP contribution in [0.15, 0.2) is 42.5 Å². The summed E-state index contributed by atoms with van der Waals surface area (Å²) in [7, 11) is 0. The zero-order chi connectivity index (χ0) is 17.9. The molecule has 0 saturated heterocycles. The van der Waals surface area contributed by atoms with Gasteiger partial charge in [-0.05, 0) is 55.2 Å². The van der Waals surface area contributed by atoms with Gasteiger partial charge in [-0.25, -0.2) is 0 Å². The summed E-state index contributed by atoms with van der Waals surface area (Å²) in [6, 6.07) is 10.3. The number of halogens is 3. The highest BCUT2D eigenvalue weighted by molar-refractivity contribution is 5.79. The number of rotatable bonds is 4. The van der Waals surface area contributed by atoms with Crippen LogP contribution in [0, 0.1) is 13.8 Å². The third-order valence-corrected chi connectivity index (χ3v) is 4.03. The molecule has 0 radical (unpaired) electrons. The lowest BCUT2D eigenvalue weighted by Crippen LogP contribution is -2.28. The van der Waals surface area contributed by atoms with Crippen LogP contribution in [-0.4, -0.2) is 5.91 Å². The summed E-state index contributed by atoms with van der Waals surface area (Å²) in [4.78, 5) is 12.1. The van der Waals surface area contributed by atoms with Crippen molar-refractivity contribution in [3.63, 3.8) is 0 Å². The molecule has 1 atom stereocenters. The third-order valence-electron chi connectivity index (χ3n) is 4.03. The predicted molar refractivity (Wildman–Crippen MR) is 87.6 cm³/mol. The van der Waals surface area contributed by atoms with E-state index in [0.29, 0.717) is 5.56 Å². The second kappa shape index (κ2) is 7.07. The van der Waals surface area contributed by atoms with Crippen LogP contribution in [0.5, 0.6) is 0 Å². The maximum absolute atomic E-state index is 12.8. The fourth-order valence-electron chi connectivity index (χ4n) is 2.46. The number of hydrogen-bond donors (Lipinski definition) is 1. The molecule has 2 aromatic rings. The molecule has 0 saturated carbocycles. The number of carbonyl (C=O) groups excluding carboxylic acids is 1. The molecule has 1 amide bonds. The average Bonchev–Trinajstić information content (AvgIpc) is 2.50. The Bertz CT molecular complexity index is 738.